The van der Waals surface area contributed by atoms with Crippen LogP contribution in [0.5, 0.6) is 0 Å². The third-order valence-corrected chi connectivity index (χ3v) is 14.3. The Bertz CT molecular complexity index is 1030. The normalized spacial score (nSPS) is 12.0. The maximum Gasteiger partial charge on any atom is 0.306 e. The van der Waals surface area contributed by atoms with Crippen molar-refractivity contribution in [3.63, 3.8) is 0 Å². The minimum Gasteiger partial charge on any atom is -0.462 e. The molecule has 68 heavy (non-hydrogen) atoms. The van der Waals surface area contributed by atoms with Gasteiger partial charge in [-0.2, -0.15) is 0 Å². The highest BCUT2D eigenvalue weighted by atomic mass is 16.6. The van der Waals surface area contributed by atoms with Crippen molar-refractivity contribution < 1.29 is 28.6 Å². The first kappa shape index (κ1) is 66.4. The Hall–Kier alpha value is -1.59. The van der Waals surface area contributed by atoms with Crippen molar-refractivity contribution in [2.75, 3.05) is 13.2 Å². The molecule has 0 N–H and O–H groups in total. The molecular formula is C62H120O6. The first-order chi connectivity index (χ1) is 33.4. The molecule has 0 spiro atoms. The van der Waals surface area contributed by atoms with Gasteiger partial charge >= 0.3 is 17.9 Å². The average Bonchev–Trinajstić information content (AvgIpc) is 3.32. The lowest BCUT2D eigenvalue weighted by atomic mass is 10.0. The molecule has 0 aliphatic carbocycles. The van der Waals surface area contributed by atoms with Crippen molar-refractivity contribution >= 4 is 17.9 Å². The van der Waals surface area contributed by atoms with Gasteiger partial charge in [0.15, 0.2) is 6.10 Å². The number of rotatable bonds is 57. The minimum atomic E-state index is -0.762. The molecular weight excluding hydrogens is 841 g/mol. The second-order valence-corrected chi connectivity index (χ2v) is 21.8. The van der Waals surface area contributed by atoms with Gasteiger partial charge in [-0.25, -0.2) is 0 Å². The molecule has 0 unspecified atom stereocenters. The molecule has 0 saturated carbocycles. The van der Waals surface area contributed by atoms with Gasteiger partial charge in [-0.3, -0.25) is 14.4 Å². The molecule has 0 aromatic rings. The number of ether oxygens (including phenoxy) is 3. The van der Waals surface area contributed by atoms with Gasteiger partial charge in [0, 0.05) is 19.3 Å². The predicted molar refractivity (Wildman–Crippen MR) is 293 cm³/mol. The van der Waals surface area contributed by atoms with E-state index in [0.717, 1.165) is 63.7 Å². The quantitative estimate of drug-likeness (QED) is 0.0343. The standard InChI is InChI=1S/C62H120O6/c1-5-7-9-11-13-15-17-19-21-23-25-30-34-38-42-46-50-54-61(64)67-57-59(56-66-60(63)53-49-45-41-37-33-29-24-22-20-18-16-14-12-10-8-6-2)68-62(65)55-51-47-43-39-35-31-27-26-28-32-36-40-44-48-52-58(3)4/h58-59H,5-57H2,1-4H3/t59-/m0/s1. The molecule has 6 heteroatoms. The maximum atomic E-state index is 12.9. The summed E-state index contributed by atoms with van der Waals surface area (Å²) in [4.78, 5) is 38.2. The van der Waals surface area contributed by atoms with E-state index < -0.39 is 6.10 Å². The van der Waals surface area contributed by atoms with Crippen LogP contribution in [-0.4, -0.2) is 37.2 Å². The van der Waals surface area contributed by atoms with Gasteiger partial charge in [0.25, 0.3) is 0 Å². The number of carbonyl (C=O) groups is 3. The molecule has 0 saturated heterocycles. The summed E-state index contributed by atoms with van der Waals surface area (Å²) in [6, 6.07) is 0. The molecule has 0 radical (unpaired) electrons. The Kier molecular flexibility index (Phi) is 55.0. The smallest absolute Gasteiger partial charge is 0.306 e. The fourth-order valence-corrected chi connectivity index (χ4v) is 9.63. The SMILES string of the molecule is CCCCCCCCCCCCCCCCCCCC(=O)OC[C@H](COC(=O)CCCCCCCCCCCCCCCCCC)OC(=O)CCCCCCCCCCCCCCCCC(C)C. The van der Waals surface area contributed by atoms with Crippen LogP contribution in [0.15, 0.2) is 0 Å². The number of hydrogen-bond acceptors (Lipinski definition) is 6. The molecule has 0 aliphatic heterocycles. The molecule has 0 aromatic heterocycles. The van der Waals surface area contributed by atoms with Crippen molar-refractivity contribution in [2.24, 2.45) is 5.92 Å². The van der Waals surface area contributed by atoms with E-state index in [1.165, 1.54) is 250 Å². The highest BCUT2D eigenvalue weighted by molar-refractivity contribution is 5.71. The van der Waals surface area contributed by atoms with Crippen LogP contribution in [0.1, 0.15) is 355 Å². The molecule has 0 aliphatic rings. The zero-order chi connectivity index (χ0) is 49.5. The highest BCUT2D eigenvalue weighted by Gasteiger charge is 2.19. The second kappa shape index (κ2) is 56.3. The Morgan fingerprint density at radius 1 is 0.279 bits per heavy atom. The van der Waals surface area contributed by atoms with Crippen LogP contribution in [0.3, 0.4) is 0 Å². The Balaban J connectivity index is 4.29. The van der Waals surface area contributed by atoms with Crippen molar-refractivity contribution in [2.45, 2.75) is 361 Å². The molecule has 0 amide bonds. The van der Waals surface area contributed by atoms with Crippen molar-refractivity contribution in [1.82, 2.24) is 0 Å². The number of hydrogen-bond donors (Lipinski definition) is 0. The van der Waals surface area contributed by atoms with E-state index in [9.17, 15) is 14.4 Å². The van der Waals surface area contributed by atoms with E-state index in [1.54, 1.807) is 0 Å². The summed E-state index contributed by atoms with van der Waals surface area (Å²) in [6.45, 7) is 9.08. The van der Waals surface area contributed by atoms with Gasteiger partial charge in [-0.15, -0.1) is 0 Å². The molecule has 6 nitrogen and oxygen atoms in total. The third kappa shape index (κ3) is 55.3. The second-order valence-electron chi connectivity index (χ2n) is 21.8. The van der Waals surface area contributed by atoms with Crippen molar-refractivity contribution in [3.8, 4) is 0 Å². The lowest BCUT2D eigenvalue weighted by Crippen LogP contribution is -2.30. The number of esters is 3. The topological polar surface area (TPSA) is 78.9 Å². The Labute approximate surface area is 425 Å². The summed E-state index contributed by atoms with van der Waals surface area (Å²) in [5.74, 6) is 0.0138. The molecule has 1 atom stereocenters. The van der Waals surface area contributed by atoms with E-state index in [1.807, 2.05) is 0 Å². The van der Waals surface area contributed by atoms with Crippen LogP contribution < -0.4 is 0 Å². The van der Waals surface area contributed by atoms with E-state index in [4.69, 9.17) is 14.2 Å². The predicted octanol–water partition coefficient (Wildman–Crippen LogP) is 20.6. The van der Waals surface area contributed by atoms with Crippen LogP contribution in [-0.2, 0) is 28.6 Å². The molecule has 0 heterocycles. The first-order valence-corrected chi connectivity index (χ1v) is 30.9. The minimum absolute atomic E-state index is 0.0614. The zero-order valence-electron chi connectivity index (χ0n) is 46.6. The van der Waals surface area contributed by atoms with Gasteiger partial charge in [0.2, 0.25) is 0 Å². The van der Waals surface area contributed by atoms with Crippen LogP contribution in [0, 0.1) is 5.92 Å². The summed E-state index contributed by atoms with van der Waals surface area (Å²) < 4.78 is 16.9. The van der Waals surface area contributed by atoms with Crippen LogP contribution in [0.25, 0.3) is 0 Å². The number of carbonyl (C=O) groups excluding carboxylic acids is 3. The zero-order valence-corrected chi connectivity index (χ0v) is 46.6. The molecule has 0 aromatic carbocycles. The monoisotopic (exact) mass is 961 g/mol. The van der Waals surface area contributed by atoms with E-state index in [-0.39, 0.29) is 31.1 Å². The van der Waals surface area contributed by atoms with Crippen LogP contribution in [0.2, 0.25) is 0 Å². The summed E-state index contributed by atoms with van der Waals surface area (Å²) >= 11 is 0. The molecule has 0 fully saturated rings. The maximum absolute atomic E-state index is 12.9. The first-order valence-electron chi connectivity index (χ1n) is 30.9. The fourth-order valence-electron chi connectivity index (χ4n) is 9.63. The van der Waals surface area contributed by atoms with Gasteiger partial charge in [0.05, 0.1) is 0 Å². The van der Waals surface area contributed by atoms with Crippen molar-refractivity contribution in [1.29, 1.82) is 0 Å². The summed E-state index contributed by atoms with van der Waals surface area (Å²) in [7, 11) is 0. The largest absolute Gasteiger partial charge is 0.462 e. The van der Waals surface area contributed by atoms with Gasteiger partial charge in [0.1, 0.15) is 13.2 Å². The van der Waals surface area contributed by atoms with Gasteiger partial charge in [-0.1, -0.05) is 317 Å². The highest BCUT2D eigenvalue weighted by Crippen LogP contribution is 2.18. The van der Waals surface area contributed by atoms with Crippen LogP contribution >= 0.6 is 0 Å². The number of unbranched alkanes of at least 4 members (excludes halogenated alkanes) is 44. The molecule has 0 bridgehead atoms. The van der Waals surface area contributed by atoms with Crippen LogP contribution in [0.4, 0.5) is 0 Å². The van der Waals surface area contributed by atoms with Crippen molar-refractivity contribution in [3.05, 3.63) is 0 Å². The Morgan fingerprint density at radius 3 is 0.721 bits per heavy atom. The summed E-state index contributed by atoms with van der Waals surface area (Å²) in [5.41, 5.74) is 0. The third-order valence-electron chi connectivity index (χ3n) is 14.3. The average molecular weight is 962 g/mol. The summed E-state index contributed by atoms with van der Waals surface area (Å²) in [5, 5.41) is 0. The van der Waals surface area contributed by atoms with E-state index in [0.29, 0.717) is 19.3 Å². The molecule has 0 rings (SSSR count). The summed E-state index contributed by atoms with van der Waals surface area (Å²) in [6.07, 6.45) is 62.4. The Morgan fingerprint density at radius 2 is 0.485 bits per heavy atom. The van der Waals surface area contributed by atoms with Gasteiger partial charge in [-0.05, 0) is 25.2 Å². The van der Waals surface area contributed by atoms with E-state index in [2.05, 4.69) is 27.7 Å². The lowest BCUT2D eigenvalue weighted by Gasteiger charge is -2.18. The van der Waals surface area contributed by atoms with E-state index >= 15 is 0 Å². The van der Waals surface area contributed by atoms with Gasteiger partial charge < -0.3 is 14.2 Å². The molecule has 404 valence electrons. The lowest BCUT2D eigenvalue weighted by molar-refractivity contribution is -0.167. The fraction of sp³-hybridized carbons (Fsp3) is 0.952.